The van der Waals surface area contributed by atoms with Gasteiger partial charge in [0.15, 0.2) is 0 Å². The van der Waals surface area contributed by atoms with Gasteiger partial charge in [0.1, 0.15) is 0 Å². The first-order chi connectivity index (χ1) is 7.47. The van der Waals surface area contributed by atoms with Crippen molar-refractivity contribution < 1.29 is 8.42 Å². The number of rotatable bonds is 6. The van der Waals surface area contributed by atoms with Gasteiger partial charge in [-0.1, -0.05) is 6.92 Å². The van der Waals surface area contributed by atoms with Gasteiger partial charge in [0.05, 0.1) is 0 Å². The van der Waals surface area contributed by atoms with E-state index in [4.69, 9.17) is 0 Å². The maximum Gasteiger partial charge on any atom is 0.279 e. The molecule has 1 saturated heterocycles. The molecule has 17 heavy (non-hydrogen) atoms. The van der Waals surface area contributed by atoms with E-state index >= 15 is 0 Å². The van der Waals surface area contributed by atoms with Gasteiger partial charge >= 0.3 is 0 Å². The van der Waals surface area contributed by atoms with Crippen molar-refractivity contribution in [2.75, 3.05) is 19.6 Å². The summed E-state index contributed by atoms with van der Waals surface area (Å²) in [6.45, 7) is 7.94. The van der Waals surface area contributed by atoms with Crippen molar-refractivity contribution in [2.45, 2.75) is 45.7 Å². The minimum absolute atomic E-state index is 0. The fraction of sp³-hybridized carbons (Fsp3) is 1.00. The Labute approximate surface area is 111 Å². The van der Waals surface area contributed by atoms with Crippen LogP contribution in [0.5, 0.6) is 0 Å². The van der Waals surface area contributed by atoms with E-state index in [-0.39, 0.29) is 24.5 Å². The lowest BCUT2D eigenvalue weighted by molar-refractivity contribution is 0.328. The van der Waals surface area contributed by atoms with Gasteiger partial charge in [-0.3, -0.25) is 0 Å². The molecule has 1 fully saturated rings. The van der Waals surface area contributed by atoms with E-state index in [1.807, 2.05) is 20.8 Å². The summed E-state index contributed by atoms with van der Waals surface area (Å²) in [4.78, 5) is 0. The summed E-state index contributed by atoms with van der Waals surface area (Å²) < 4.78 is 28.5. The Kier molecular flexibility index (Phi) is 7.58. The second-order valence-corrected chi connectivity index (χ2v) is 6.19. The van der Waals surface area contributed by atoms with Crippen LogP contribution in [-0.2, 0) is 10.2 Å². The Morgan fingerprint density at radius 1 is 1.47 bits per heavy atom. The Bertz CT molecular complexity index is 303. The summed E-state index contributed by atoms with van der Waals surface area (Å²) in [5.74, 6) is 0. The predicted molar refractivity (Wildman–Crippen MR) is 72.7 cm³/mol. The maximum atomic E-state index is 12.1. The van der Waals surface area contributed by atoms with Gasteiger partial charge in [0.2, 0.25) is 0 Å². The zero-order valence-electron chi connectivity index (χ0n) is 10.8. The summed E-state index contributed by atoms with van der Waals surface area (Å²) in [5, 5.41) is 3.20. The van der Waals surface area contributed by atoms with Crippen LogP contribution in [-0.4, -0.2) is 44.4 Å². The molecule has 1 atom stereocenters. The third-order valence-corrected chi connectivity index (χ3v) is 4.45. The van der Waals surface area contributed by atoms with E-state index < -0.39 is 10.2 Å². The highest BCUT2D eigenvalue weighted by Gasteiger charge is 2.31. The molecule has 7 heteroatoms. The molecule has 104 valence electrons. The van der Waals surface area contributed by atoms with E-state index in [1.54, 1.807) is 4.31 Å². The van der Waals surface area contributed by atoms with Crippen LogP contribution >= 0.6 is 12.4 Å². The minimum Gasteiger partial charge on any atom is -0.315 e. The number of halogens is 1. The largest absolute Gasteiger partial charge is 0.315 e. The van der Waals surface area contributed by atoms with E-state index in [0.29, 0.717) is 6.54 Å². The number of nitrogens with one attached hydrogen (secondary N) is 2. The highest BCUT2D eigenvalue weighted by Crippen LogP contribution is 2.13. The minimum atomic E-state index is -3.32. The molecule has 1 unspecified atom stereocenters. The van der Waals surface area contributed by atoms with E-state index in [2.05, 4.69) is 10.0 Å². The lowest BCUT2D eigenvalue weighted by atomic mass is 10.2. The highest BCUT2D eigenvalue weighted by atomic mass is 35.5. The van der Waals surface area contributed by atoms with Crippen molar-refractivity contribution in [3.05, 3.63) is 0 Å². The van der Waals surface area contributed by atoms with Crippen LogP contribution in [0.25, 0.3) is 0 Å². The average Bonchev–Trinajstić information content (AvgIpc) is 2.64. The van der Waals surface area contributed by atoms with Crippen LogP contribution in [0.2, 0.25) is 0 Å². The van der Waals surface area contributed by atoms with Crippen molar-refractivity contribution in [1.82, 2.24) is 14.3 Å². The summed E-state index contributed by atoms with van der Waals surface area (Å²) in [6, 6.07) is 0.0509. The summed E-state index contributed by atoms with van der Waals surface area (Å²) >= 11 is 0. The molecule has 0 radical (unpaired) electrons. The fourth-order valence-electron chi connectivity index (χ4n) is 1.97. The predicted octanol–water partition coefficient (Wildman–Crippen LogP) is 0.725. The first-order valence-electron chi connectivity index (χ1n) is 5.97. The van der Waals surface area contributed by atoms with Crippen LogP contribution < -0.4 is 10.0 Å². The van der Waals surface area contributed by atoms with Crippen LogP contribution in [0.3, 0.4) is 0 Å². The monoisotopic (exact) mass is 285 g/mol. The normalized spacial score (nSPS) is 20.9. The summed E-state index contributed by atoms with van der Waals surface area (Å²) in [5.41, 5.74) is 0. The Morgan fingerprint density at radius 2 is 2.12 bits per heavy atom. The van der Waals surface area contributed by atoms with Gasteiger partial charge in [-0.2, -0.15) is 17.4 Å². The second-order valence-electron chi connectivity index (χ2n) is 4.53. The second kappa shape index (κ2) is 7.53. The Balaban J connectivity index is 0.00000256. The van der Waals surface area contributed by atoms with Crippen molar-refractivity contribution in [1.29, 1.82) is 0 Å². The molecule has 1 aliphatic rings. The molecule has 5 nitrogen and oxygen atoms in total. The fourth-order valence-corrected chi connectivity index (χ4v) is 3.70. The first-order valence-corrected chi connectivity index (χ1v) is 7.41. The van der Waals surface area contributed by atoms with Crippen molar-refractivity contribution in [3.63, 3.8) is 0 Å². The third kappa shape index (κ3) is 5.09. The Hall–Kier alpha value is 0.120. The lowest BCUT2D eigenvalue weighted by Gasteiger charge is -2.28. The van der Waals surface area contributed by atoms with E-state index in [9.17, 15) is 8.42 Å². The average molecular weight is 286 g/mol. The third-order valence-electron chi connectivity index (χ3n) is 2.58. The molecule has 0 amide bonds. The SMILES string of the molecule is CCCN(C1CCNC1)S(=O)(=O)NC(C)C.Cl. The van der Waals surface area contributed by atoms with Gasteiger partial charge in [-0.05, 0) is 33.2 Å². The number of hydrogen-bond donors (Lipinski definition) is 2. The molecule has 1 aliphatic heterocycles. The van der Waals surface area contributed by atoms with Crippen LogP contribution in [0, 0.1) is 0 Å². The zero-order valence-corrected chi connectivity index (χ0v) is 12.4. The van der Waals surface area contributed by atoms with Crippen molar-refractivity contribution >= 4 is 22.6 Å². The van der Waals surface area contributed by atoms with Crippen molar-refractivity contribution in [3.8, 4) is 0 Å². The number of nitrogens with zero attached hydrogens (tertiary/aromatic N) is 1. The van der Waals surface area contributed by atoms with E-state index in [0.717, 1.165) is 25.9 Å². The van der Waals surface area contributed by atoms with E-state index in [1.165, 1.54) is 0 Å². The van der Waals surface area contributed by atoms with Gasteiger partial charge < -0.3 is 5.32 Å². The highest BCUT2D eigenvalue weighted by molar-refractivity contribution is 7.87. The molecular weight excluding hydrogens is 262 g/mol. The maximum absolute atomic E-state index is 12.1. The smallest absolute Gasteiger partial charge is 0.279 e. The molecule has 0 aromatic carbocycles. The first kappa shape index (κ1) is 17.1. The van der Waals surface area contributed by atoms with Gasteiger partial charge in [0.25, 0.3) is 10.2 Å². The molecule has 0 aliphatic carbocycles. The van der Waals surface area contributed by atoms with Crippen LogP contribution in [0.15, 0.2) is 0 Å². The van der Waals surface area contributed by atoms with Gasteiger partial charge in [0, 0.05) is 25.2 Å². The summed E-state index contributed by atoms with van der Waals surface area (Å²) in [6.07, 6.45) is 1.74. The van der Waals surface area contributed by atoms with Crippen LogP contribution in [0.4, 0.5) is 0 Å². The number of hydrogen-bond acceptors (Lipinski definition) is 3. The van der Waals surface area contributed by atoms with Crippen LogP contribution in [0.1, 0.15) is 33.6 Å². The molecule has 1 heterocycles. The molecule has 0 bridgehead atoms. The molecule has 2 N–H and O–H groups in total. The molecule has 0 aromatic rings. The van der Waals surface area contributed by atoms with Gasteiger partial charge in [-0.25, -0.2) is 0 Å². The molecule has 0 spiro atoms. The molecule has 0 aromatic heterocycles. The Morgan fingerprint density at radius 3 is 2.53 bits per heavy atom. The zero-order chi connectivity index (χ0) is 12.2. The summed E-state index contributed by atoms with van der Waals surface area (Å²) in [7, 11) is -3.32. The quantitative estimate of drug-likeness (QED) is 0.756. The van der Waals surface area contributed by atoms with Gasteiger partial charge in [-0.15, -0.1) is 12.4 Å². The molecule has 0 saturated carbocycles. The molecular formula is C10H24ClN3O2S. The van der Waals surface area contributed by atoms with Crippen molar-refractivity contribution in [2.24, 2.45) is 0 Å². The lowest BCUT2D eigenvalue weighted by Crippen LogP contribution is -2.49. The standard InChI is InChI=1S/C10H23N3O2S.ClH/c1-4-7-13(10-5-6-11-8-10)16(14,15)12-9(2)3;/h9-12H,4-8H2,1-3H3;1H. The topological polar surface area (TPSA) is 61.4 Å². The molecule has 1 rings (SSSR count).